The summed E-state index contributed by atoms with van der Waals surface area (Å²) in [7, 11) is 0. The molecule has 2 N–H and O–H groups in total. The summed E-state index contributed by atoms with van der Waals surface area (Å²) < 4.78 is 5.78. The molecule has 1 heterocycles. The van der Waals surface area contributed by atoms with E-state index in [9.17, 15) is 0 Å². The van der Waals surface area contributed by atoms with Crippen LogP contribution < -0.4 is 10.5 Å². The summed E-state index contributed by atoms with van der Waals surface area (Å²) in [6.07, 6.45) is 5.21. The third-order valence-corrected chi connectivity index (χ3v) is 3.66. The van der Waals surface area contributed by atoms with Gasteiger partial charge in [-0.2, -0.15) is 4.98 Å². The van der Waals surface area contributed by atoms with Crippen molar-refractivity contribution < 1.29 is 4.74 Å². The van der Waals surface area contributed by atoms with E-state index in [1.54, 1.807) is 0 Å². The number of nitrogens with zero attached hydrogens (tertiary/aromatic N) is 2. The SMILES string of the molecule is Cc1c(N)nc(C(C)C)nc1OCCC1CCC1. The zero-order chi connectivity index (χ0) is 13.1. The zero-order valence-electron chi connectivity index (χ0n) is 11.6. The number of hydrogen-bond acceptors (Lipinski definition) is 4. The van der Waals surface area contributed by atoms with Crippen LogP contribution in [0.3, 0.4) is 0 Å². The van der Waals surface area contributed by atoms with Gasteiger partial charge in [-0.25, -0.2) is 4.98 Å². The standard InChI is InChI=1S/C14H23N3O/c1-9(2)13-16-12(15)10(3)14(17-13)18-8-7-11-5-4-6-11/h9,11H,4-8H2,1-3H3,(H2,15,16,17). The Labute approximate surface area is 109 Å². The summed E-state index contributed by atoms with van der Waals surface area (Å²) in [6.45, 7) is 6.77. The third kappa shape index (κ3) is 2.92. The molecule has 1 aromatic rings. The molecule has 4 heteroatoms. The first-order chi connectivity index (χ1) is 8.58. The molecule has 0 radical (unpaired) electrons. The minimum absolute atomic E-state index is 0.266. The molecule has 0 aromatic carbocycles. The summed E-state index contributed by atoms with van der Waals surface area (Å²) in [4.78, 5) is 8.75. The number of rotatable bonds is 5. The summed E-state index contributed by atoms with van der Waals surface area (Å²) in [5.41, 5.74) is 6.75. The van der Waals surface area contributed by atoms with Gasteiger partial charge in [-0.3, -0.25) is 0 Å². The average Bonchev–Trinajstić information content (AvgIpc) is 2.26. The maximum absolute atomic E-state index is 5.90. The molecule has 2 rings (SSSR count). The lowest BCUT2D eigenvalue weighted by Gasteiger charge is -2.25. The second kappa shape index (κ2) is 5.55. The van der Waals surface area contributed by atoms with Gasteiger partial charge in [0.2, 0.25) is 5.88 Å². The van der Waals surface area contributed by atoms with E-state index in [-0.39, 0.29) is 5.92 Å². The maximum atomic E-state index is 5.90. The third-order valence-electron chi connectivity index (χ3n) is 3.66. The number of nitrogens with two attached hydrogens (primary N) is 1. The molecule has 0 aliphatic heterocycles. The van der Waals surface area contributed by atoms with Crippen LogP contribution in [0.15, 0.2) is 0 Å². The molecule has 0 atom stereocenters. The van der Waals surface area contributed by atoms with Crippen LogP contribution in [0.1, 0.15) is 56.8 Å². The Bertz CT molecular complexity index is 414. The molecule has 0 amide bonds. The van der Waals surface area contributed by atoms with Crippen LogP contribution in [-0.4, -0.2) is 16.6 Å². The van der Waals surface area contributed by atoms with Gasteiger partial charge in [0.25, 0.3) is 0 Å². The van der Waals surface area contributed by atoms with Crippen molar-refractivity contribution in [2.24, 2.45) is 5.92 Å². The second-order valence-corrected chi connectivity index (χ2v) is 5.49. The summed E-state index contributed by atoms with van der Waals surface area (Å²) in [5, 5.41) is 0. The van der Waals surface area contributed by atoms with Gasteiger partial charge in [-0.15, -0.1) is 0 Å². The van der Waals surface area contributed by atoms with Crippen molar-refractivity contribution in [3.63, 3.8) is 0 Å². The number of nitrogen functional groups attached to an aromatic ring is 1. The first-order valence-corrected chi connectivity index (χ1v) is 6.84. The van der Waals surface area contributed by atoms with Gasteiger partial charge < -0.3 is 10.5 Å². The lowest BCUT2D eigenvalue weighted by atomic mass is 9.83. The minimum Gasteiger partial charge on any atom is -0.477 e. The molecule has 0 bridgehead atoms. The van der Waals surface area contributed by atoms with Crippen LogP contribution in [-0.2, 0) is 0 Å². The average molecular weight is 249 g/mol. The molecular formula is C14H23N3O. The van der Waals surface area contributed by atoms with Gasteiger partial charge >= 0.3 is 0 Å². The van der Waals surface area contributed by atoms with Crippen molar-refractivity contribution >= 4 is 5.82 Å². The van der Waals surface area contributed by atoms with Crippen LogP contribution in [0, 0.1) is 12.8 Å². The first-order valence-electron chi connectivity index (χ1n) is 6.84. The molecule has 1 fully saturated rings. The first kappa shape index (κ1) is 13.1. The van der Waals surface area contributed by atoms with Crippen LogP contribution in [0.5, 0.6) is 5.88 Å². The van der Waals surface area contributed by atoms with Crippen LogP contribution in [0.2, 0.25) is 0 Å². The van der Waals surface area contributed by atoms with E-state index in [0.717, 1.165) is 30.3 Å². The fourth-order valence-corrected chi connectivity index (χ4v) is 2.03. The molecule has 1 aliphatic carbocycles. The highest BCUT2D eigenvalue weighted by Gasteiger charge is 2.18. The molecule has 100 valence electrons. The Balaban J connectivity index is 2.00. The van der Waals surface area contributed by atoms with E-state index in [1.165, 1.54) is 19.3 Å². The predicted octanol–water partition coefficient (Wildman–Crippen LogP) is 3.06. The van der Waals surface area contributed by atoms with Gasteiger partial charge in [0.1, 0.15) is 11.6 Å². The van der Waals surface area contributed by atoms with Gasteiger partial charge in [-0.1, -0.05) is 33.1 Å². The number of anilines is 1. The van der Waals surface area contributed by atoms with Crippen molar-refractivity contribution in [2.75, 3.05) is 12.3 Å². The molecule has 18 heavy (non-hydrogen) atoms. The van der Waals surface area contributed by atoms with Gasteiger partial charge in [-0.05, 0) is 19.3 Å². The fraction of sp³-hybridized carbons (Fsp3) is 0.714. The second-order valence-electron chi connectivity index (χ2n) is 5.49. The molecule has 0 unspecified atom stereocenters. The summed E-state index contributed by atoms with van der Waals surface area (Å²) >= 11 is 0. The van der Waals surface area contributed by atoms with Gasteiger partial charge in [0, 0.05) is 5.92 Å². The Morgan fingerprint density at radius 2 is 2.06 bits per heavy atom. The van der Waals surface area contributed by atoms with Crippen molar-refractivity contribution in [2.45, 2.75) is 52.4 Å². The molecule has 4 nitrogen and oxygen atoms in total. The fourth-order valence-electron chi connectivity index (χ4n) is 2.03. The normalized spacial score (nSPS) is 15.8. The highest BCUT2D eigenvalue weighted by Crippen LogP contribution is 2.30. The van der Waals surface area contributed by atoms with Gasteiger partial charge in [0.15, 0.2) is 0 Å². The Hall–Kier alpha value is -1.32. The number of ether oxygens (including phenoxy) is 1. The summed E-state index contributed by atoms with van der Waals surface area (Å²) in [5.74, 6) is 3.07. The summed E-state index contributed by atoms with van der Waals surface area (Å²) in [6, 6.07) is 0. The monoisotopic (exact) mass is 249 g/mol. The van der Waals surface area contributed by atoms with Crippen molar-refractivity contribution in [1.29, 1.82) is 0 Å². The number of aromatic nitrogens is 2. The highest BCUT2D eigenvalue weighted by atomic mass is 16.5. The van der Waals surface area contributed by atoms with E-state index >= 15 is 0 Å². The smallest absolute Gasteiger partial charge is 0.221 e. The van der Waals surface area contributed by atoms with E-state index in [2.05, 4.69) is 23.8 Å². The lowest BCUT2D eigenvalue weighted by Crippen LogP contribution is -2.15. The van der Waals surface area contributed by atoms with Crippen molar-refractivity contribution in [3.05, 3.63) is 11.4 Å². The topological polar surface area (TPSA) is 61.0 Å². The van der Waals surface area contributed by atoms with Crippen LogP contribution in [0.4, 0.5) is 5.82 Å². The molecular weight excluding hydrogens is 226 g/mol. The molecule has 0 spiro atoms. The minimum atomic E-state index is 0.266. The zero-order valence-corrected chi connectivity index (χ0v) is 11.6. The molecule has 0 saturated heterocycles. The van der Waals surface area contributed by atoms with E-state index in [1.807, 2.05) is 6.92 Å². The number of hydrogen-bond donors (Lipinski definition) is 1. The maximum Gasteiger partial charge on any atom is 0.221 e. The largest absolute Gasteiger partial charge is 0.477 e. The van der Waals surface area contributed by atoms with Crippen molar-refractivity contribution in [3.8, 4) is 5.88 Å². The van der Waals surface area contributed by atoms with Crippen molar-refractivity contribution in [1.82, 2.24) is 9.97 Å². The molecule has 1 aromatic heterocycles. The highest BCUT2D eigenvalue weighted by molar-refractivity contribution is 5.44. The van der Waals surface area contributed by atoms with Gasteiger partial charge in [0.05, 0.1) is 12.2 Å². The van der Waals surface area contributed by atoms with E-state index in [0.29, 0.717) is 11.7 Å². The molecule has 1 saturated carbocycles. The Morgan fingerprint density at radius 3 is 2.61 bits per heavy atom. The molecule has 1 aliphatic rings. The lowest BCUT2D eigenvalue weighted by molar-refractivity contribution is 0.216. The van der Waals surface area contributed by atoms with E-state index < -0.39 is 0 Å². The Morgan fingerprint density at radius 1 is 1.33 bits per heavy atom. The Kier molecular flexibility index (Phi) is 4.04. The van der Waals surface area contributed by atoms with Crippen LogP contribution in [0.25, 0.3) is 0 Å². The van der Waals surface area contributed by atoms with Crippen LogP contribution >= 0.6 is 0 Å². The quantitative estimate of drug-likeness (QED) is 0.871. The predicted molar refractivity (Wildman–Crippen MR) is 72.7 cm³/mol. The van der Waals surface area contributed by atoms with E-state index in [4.69, 9.17) is 10.5 Å².